The van der Waals surface area contributed by atoms with Crippen molar-refractivity contribution >= 4 is 29.1 Å². The van der Waals surface area contributed by atoms with Crippen molar-refractivity contribution in [1.29, 1.82) is 5.26 Å². The number of hydrogen-bond donors (Lipinski definition) is 2. The number of thiophene rings is 1. The van der Waals surface area contributed by atoms with Gasteiger partial charge in [0.15, 0.2) is 11.6 Å². The molecular weight excluding hydrogens is 498 g/mol. The van der Waals surface area contributed by atoms with Gasteiger partial charge < -0.3 is 14.9 Å². The third-order valence-corrected chi connectivity index (χ3v) is 6.98. The second kappa shape index (κ2) is 9.25. The maximum atomic E-state index is 14.2. The van der Waals surface area contributed by atoms with Crippen LogP contribution >= 0.6 is 22.9 Å². The maximum Gasteiger partial charge on any atom is 0.511 e. The molecule has 0 radical (unpaired) electrons. The Morgan fingerprint density at radius 1 is 1.18 bits per heavy atom. The molecule has 0 saturated carbocycles. The van der Waals surface area contributed by atoms with E-state index < -0.39 is 40.3 Å². The molecule has 5 nitrogen and oxygen atoms in total. The predicted molar refractivity (Wildman–Crippen MR) is 118 cm³/mol. The van der Waals surface area contributed by atoms with Gasteiger partial charge in [0.05, 0.1) is 0 Å². The molecule has 0 aliphatic carbocycles. The first-order chi connectivity index (χ1) is 15.8. The van der Waals surface area contributed by atoms with E-state index in [1.807, 2.05) is 6.07 Å². The van der Waals surface area contributed by atoms with Gasteiger partial charge in [-0.2, -0.15) is 18.4 Å². The van der Waals surface area contributed by atoms with Gasteiger partial charge in [-0.1, -0.05) is 36.7 Å². The molecule has 3 aromatic rings. The van der Waals surface area contributed by atoms with Crippen LogP contribution in [-0.2, 0) is 5.60 Å². The van der Waals surface area contributed by atoms with Crippen LogP contribution in [0.25, 0.3) is 11.1 Å². The number of ether oxygens (including phenoxy) is 1. The summed E-state index contributed by atoms with van der Waals surface area (Å²) in [5.41, 5.74) is -2.40. The average molecular weight is 514 g/mol. The molecule has 34 heavy (non-hydrogen) atoms. The number of halogens is 5. The zero-order valence-corrected chi connectivity index (χ0v) is 19.1. The van der Waals surface area contributed by atoms with Crippen LogP contribution in [0.1, 0.15) is 33.7 Å². The van der Waals surface area contributed by atoms with Crippen molar-refractivity contribution in [3.63, 3.8) is 0 Å². The van der Waals surface area contributed by atoms with E-state index in [0.717, 1.165) is 18.2 Å². The lowest BCUT2D eigenvalue weighted by Gasteiger charge is -2.35. The van der Waals surface area contributed by atoms with Crippen molar-refractivity contribution in [2.45, 2.75) is 31.5 Å². The molecule has 0 saturated heterocycles. The number of alkyl halides is 3. The van der Waals surface area contributed by atoms with E-state index in [-0.39, 0.29) is 21.0 Å². The summed E-state index contributed by atoms with van der Waals surface area (Å²) < 4.78 is 60.9. The van der Waals surface area contributed by atoms with Crippen LogP contribution in [0.3, 0.4) is 0 Å². The summed E-state index contributed by atoms with van der Waals surface area (Å²) in [4.78, 5) is 10.2. The highest BCUT2D eigenvalue weighted by atomic mass is 35.5. The number of aryl methyl sites for hydroxylation is 1. The van der Waals surface area contributed by atoms with Gasteiger partial charge in [0.1, 0.15) is 10.9 Å². The van der Waals surface area contributed by atoms with Crippen LogP contribution in [0.2, 0.25) is 5.02 Å². The Morgan fingerprint density at radius 3 is 2.29 bits per heavy atom. The molecule has 0 spiro atoms. The number of aliphatic hydroxyl groups is 1. The SMILES string of the molecule is Cc1cc(C(O)(C(C)c2ccc(-c3ccc(OC(=O)O)c(F)c3)cc2Cl)C(F)(F)F)sc1C#N. The molecule has 0 aliphatic rings. The Bertz CT molecular complexity index is 1300. The second-order valence-electron chi connectivity index (χ2n) is 7.47. The minimum Gasteiger partial charge on any atom is -0.449 e. The monoisotopic (exact) mass is 513 g/mol. The van der Waals surface area contributed by atoms with E-state index in [4.69, 9.17) is 22.0 Å². The van der Waals surface area contributed by atoms with Crippen molar-refractivity contribution in [3.8, 4) is 22.9 Å². The van der Waals surface area contributed by atoms with Crippen molar-refractivity contribution < 1.29 is 37.3 Å². The first-order valence-corrected chi connectivity index (χ1v) is 10.8. The van der Waals surface area contributed by atoms with Gasteiger partial charge in [0, 0.05) is 15.8 Å². The molecular formula is C23H16ClF4NO4S. The maximum absolute atomic E-state index is 14.2. The van der Waals surface area contributed by atoms with Gasteiger partial charge in [0.2, 0.25) is 5.60 Å². The summed E-state index contributed by atoms with van der Waals surface area (Å²) in [5.74, 6) is -3.02. The Balaban J connectivity index is 2.03. The zero-order chi connectivity index (χ0) is 25.4. The molecule has 1 heterocycles. The number of nitriles is 1. The lowest BCUT2D eigenvalue weighted by Crippen LogP contribution is -2.46. The van der Waals surface area contributed by atoms with E-state index in [1.165, 1.54) is 38.1 Å². The lowest BCUT2D eigenvalue weighted by molar-refractivity contribution is -0.273. The fraction of sp³-hybridized carbons (Fsp3) is 0.217. The van der Waals surface area contributed by atoms with Crippen LogP contribution < -0.4 is 4.74 Å². The largest absolute Gasteiger partial charge is 0.511 e. The molecule has 2 unspecified atom stereocenters. The van der Waals surface area contributed by atoms with Gasteiger partial charge in [-0.05, 0) is 53.4 Å². The number of nitrogens with zero attached hydrogens (tertiary/aromatic N) is 1. The van der Waals surface area contributed by atoms with Crippen molar-refractivity contribution in [1.82, 2.24) is 0 Å². The topological polar surface area (TPSA) is 90.6 Å². The zero-order valence-electron chi connectivity index (χ0n) is 17.6. The van der Waals surface area contributed by atoms with Crippen LogP contribution in [0.5, 0.6) is 5.75 Å². The number of carbonyl (C=O) groups is 1. The van der Waals surface area contributed by atoms with E-state index in [2.05, 4.69) is 4.74 Å². The average Bonchev–Trinajstić information content (AvgIpc) is 3.13. The Hall–Kier alpha value is -3.13. The first-order valence-electron chi connectivity index (χ1n) is 9.59. The first kappa shape index (κ1) is 25.5. The molecule has 1 aromatic heterocycles. The lowest BCUT2D eigenvalue weighted by atomic mass is 9.81. The molecule has 0 aliphatic heterocycles. The van der Waals surface area contributed by atoms with E-state index >= 15 is 0 Å². The van der Waals surface area contributed by atoms with Crippen LogP contribution in [-0.4, -0.2) is 22.5 Å². The van der Waals surface area contributed by atoms with Gasteiger partial charge in [-0.15, -0.1) is 11.3 Å². The van der Waals surface area contributed by atoms with Gasteiger partial charge in [0.25, 0.3) is 0 Å². The second-order valence-corrected chi connectivity index (χ2v) is 8.93. The fourth-order valence-electron chi connectivity index (χ4n) is 3.52. The summed E-state index contributed by atoms with van der Waals surface area (Å²) in [5, 5.41) is 28.6. The molecule has 2 N–H and O–H groups in total. The minimum absolute atomic E-state index is 0.0129. The van der Waals surface area contributed by atoms with Crippen molar-refractivity contribution in [2.75, 3.05) is 0 Å². The molecule has 2 atom stereocenters. The number of hydrogen-bond acceptors (Lipinski definition) is 5. The summed E-state index contributed by atoms with van der Waals surface area (Å²) in [6.07, 6.45) is -6.77. The van der Waals surface area contributed by atoms with Crippen molar-refractivity contribution in [3.05, 3.63) is 74.2 Å². The van der Waals surface area contributed by atoms with Crippen LogP contribution in [0.4, 0.5) is 22.4 Å². The molecule has 178 valence electrons. The fourth-order valence-corrected chi connectivity index (χ4v) is 5.03. The Kier molecular flexibility index (Phi) is 6.94. The summed E-state index contributed by atoms with van der Waals surface area (Å²) in [6.45, 7) is 2.65. The third kappa shape index (κ3) is 4.59. The standard InChI is InChI=1S/C23H16ClF4NO4S/c1-11-7-20(34-19(11)10-29)22(32,23(26,27)28)12(2)15-5-3-13(8-16(15)24)14-4-6-18(17(25)9-14)33-21(30)31/h3-9,12,32H,1-2H3,(H,30,31). The highest BCUT2D eigenvalue weighted by Gasteiger charge is 2.60. The third-order valence-electron chi connectivity index (χ3n) is 5.38. The smallest absolute Gasteiger partial charge is 0.449 e. The predicted octanol–water partition coefficient (Wildman–Crippen LogP) is 7.00. The highest BCUT2D eigenvalue weighted by Crippen LogP contribution is 2.52. The Labute approximate surface area is 200 Å². The van der Waals surface area contributed by atoms with E-state index in [0.29, 0.717) is 22.5 Å². The summed E-state index contributed by atoms with van der Waals surface area (Å²) in [7, 11) is 0. The van der Waals surface area contributed by atoms with Crippen molar-refractivity contribution in [2.24, 2.45) is 0 Å². The number of carboxylic acid groups (broad SMARTS) is 1. The van der Waals surface area contributed by atoms with Gasteiger partial charge in [-0.3, -0.25) is 0 Å². The van der Waals surface area contributed by atoms with Crippen LogP contribution in [0.15, 0.2) is 42.5 Å². The van der Waals surface area contributed by atoms with Gasteiger partial charge >= 0.3 is 12.3 Å². The molecule has 0 bridgehead atoms. The Morgan fingerprint density at radius 2 is 1.79 bits per heavy atom. The van der Waals surface area contributed by atoms with E-state index in [1.54, 1.807) is 0 Å². The molecule has 0 amide bonds. The number of benzene rings is 2. The number of rotatable bonds is 5. The minimum atomic E-state index is -5.08. The summed E-state index contributed by atoms with van der Waals surface area (Å²) >= 11 is 6.86. The normalized spacial score (nSPS) is 14.2. The molecule has 3 rings (SSSR count). The van der Waals surface area contributed by atoms with Gasteiger partial charge in [-0.25, -0.2) is 9.18 Å². The molecule has 2 aromatic carbocycles. The van der Waals surface area contributed by atoms with E-state index in [9.17, 15) is 27.5 Å². The quantitative estimate of drug-likeness (QED) is 0.218. The molecule has 0 fully saturated rings. The highest BCUT2D eigenvalue weighted by molar-refractivity contribution is 7.12. The van der Waals surface area contributed by atoms with Crippen LogP contribution in [0, 0.1) is 24.1 Å². The summed E-state index contributed by atoms with van der Waals surface area (Å²) in [6, 6.07) is 10.4. The molecule has 11 heteroatoms.